The van der Waals surface area contributed by atoms with E-state index in [1.165, 1.54) is 11.3 Å². The van der Waals surface area contributed by atoms with Crippen molar-refractivity contribution in [3.63, 3.8) is 0 Å². The van der Waals surface area contributed by atoms with E-state index >= 15 is 0 Å². The zero-order chi connectivity index (χ0) is 18.9. The first-order chi connectivity index (χ1) is 13.2. The third-order valence-corrected chi connectivity index (χ3v) is 4.71. The van der Waals surface area contributed by atoms with Crippen LogP contribution in [0.3, 0.4) is 0 Å². The summed E-state index contributed by atoms with van der Waals surface area (Å²) in [4.78, 5) is 20.8. The molecule has 6 nitrogen and oxygen atoms in total. The Morgan fingerprint density at radius 2 is 2.04 bits per heavy atom. The topological polar surface area (TPSA) is 73.3 Å². The van der Waals surface area contributed by atoms with E-state index in [2.05, 4.69) is 15.3 Å². The molecule has 1 aromatic carbocycles. The Morgan fingerprint density at radius 1 is 1.19 bits per heavy atom. The normalized spacial score (nSPS) is 10.6. The molecule has 0 unspecified atom stereocenters. The predicted octanol–water partition coefficient (Wildman–Crippen LogP) is 3.09. The Morgan fingerprint density at radius 3 is 2.78 bits per heavy atom. The van der Waals surface area contributed by atoms with Crippen LogP contribution < -0.4 is 10.1 Å². The van der Waals surface area contributed by atoms with Crippen LogP contribution in [0.4, 0.5) is 0 Å². The minimum absolute atomic E-state index is 0.0570. The summed E-state index contributed by atoms with van der Waals surface area (Å²) in [6.07, 6.45) is 3.75. The highest BCUT2D eigenvalue weighted by atomic mass is 32.1. The van der Waals surface area contributed by atoms with Crippen LogP contribution in [0.5, 0.6) is 5.75 Å². The van der Waals surface area contributed by atoms with E-state index < -0.39 is 0 Å². The molecule has 0 spiro atoms. The van der Waals surface area contributed by atoms with Crippen molar-refractivity contribution in [2.24, 2.45) is 0 Å². The molecule has 2 aromatic heterocycles. The molecule has 1 N–H and O–H groups in total. The summed E-state index contributed by atoms with van der Waals surface area (Å²) >= 11 is 1.51. The van der Waals surface area contributed by atoms with Gasteiger partial charge in [-0.15, -0.1) is 11.3 Å². The molecule has 0 bridgehead atoms. The molecular weight excluding hydrogens is 362 g/mol. The Hall–Kier alpha value is -2.77. The van der Waals surface area contributed by atoms with Gasteiger partial charge in [0.05, 0.1) is 18.7 Å². The molecule has 0 saturated heterocycles. The minimum atomic E-state index is -0.0570. The van der Waals surface area contributed by atoms with Crippen molar-refractivity contribution < 1.29 is 14.3 Å². The summed E-state index contributed by atoms with van der Waals surface area (Å²) in [5.41, 5.74) is 2.73. The smallest absolute Gasteiger partial charge is 0.226 e. The number of ether oxygens (including phenoxy) is 2. The van der Waals surface area contributed by atoms with Gasteiger partial charge in [0.25, 0.3) is 0 Å². The van der Waals surface area contributed by atoms with Gasteiger partial charge in [0.2, 0.25) is 5.91 Å². The monoisotopic (exact) mass is 383 g/mol. The minimum Gasteiger partial charge on any atom is -0.491 e. The molecule has 0 fully saturated rings. The largest absolute Gasteiger partial charge is 0.491 e. The number of carbonyl (C=O) groups is 1. The third-order valence-electron chi connectivity index (χ3n) is 3.77. The van der Waals surface area contributed by atoms with Crippen molar-refractivity contribution in [2.75, 3.05) is 20.3 Å². The highest BCUT2D eigenvalue weighted by Crippen LogP contribution is 2.22. The lowest BCUT2D eigenvalue weighted by Crippen LogP contribution is -2.24. The number of hydrogen-bond donors (Lipinski definition) is 1. The molecule has 7 heteroatoms. The molecule has 27 heavy (non-hydrogen) atoms. The molecule has 0 aliphatic heterocycles. The van der Waals surface area contributed by atoms with E-state index in [1.54, 1.807) is 19.5 Å². The number of nitrogens with zero attached hydrogens (tertiary/aromatic N) is 2. The molecule has 0 radical (unpaired) electrons. The number of amides is 1. The van der Waals surface area contributed by atoms with Crippen LogP contribution in [-0.2, 0) is 22.5 Å². The highest BCUT2D eigenvalue weighted by Gasteiger charge is 2.09. The fraction of sp³-hybridized carbons (Fsp3) is 0.250. The number of pyridine rings is 1. The van der Waals surface area contributed by atoms with E-state index in [0.717, 1.165) is 27.6 Å². The lowest BCUT2D eigenvalue weighted by atomic mass is 10.2. The Kier molecular flexibility index (Phi) is 6.90. The van der Waals surface area contributed by atoms with Crippen molar-refractivity contribution in [3.8, 4) is 16.3 Å². The number of benzene rings is 1. The second kappa shape index (κ2) is 9.80. The number of hydrogen-bond acceptors (Lipinski definition) is 6. The summed E-state index contributed by atoms with van der Waals surface area (Å²) in [5, 5.41) is 5.70. The molecule has 3 aromatic rings. The lowest BCUT2D eigenvalue weighted by Gasteiger charge is -2.07. The van der Waals surface area contributed by atoms with Crippen molar-refractivity contribution in [2.45, 2.75) is 13.0 Å². The van der Waals surface area contributed by atoms with Gasteiger partial charge in [-0.05, 0) is 29.8 Å². The molecule has 0 atom stereocenters. The van der Waals surface area contributed by atoms with E-state index in [-0.39, 0.29) is 12.3 Å². The standard InChI is InChI=1S/C20H21N3O3S/c1-25-9-10-26-18-6-4-15(5-7-18)12-22-19(24)11-17-14-27-20(23-17)16-3-2-8-21-13-16/h2-8,13-14H,9-12H2,1H3,(H,22,24). The lowest BCUT2D eigenvalue weighted by molar-refractivity contribution is -0.120. The third kappa shape index (κ3) is 5.87. The summed E-state index contributed by atoms with van der Waals surface area (Å²) in [7, 11) is 1.64. The van der Waals surface area contributed by atoms with Gasteiger partial charge in [-0.1, -0.05) is 12.1 Å². The zero-order valence-electron chi connectivity index (χ0n) is 15.1. The number of rotatable bonds is 9. The fourth-order valence-electron chi connectivity index (χ4n) is 2.38. The van der Waals surface area contributed by atoms with Gasteiger partial charge in [0.15, 0.2) is 0 Å². The molecule has 0 aliphatic carbocycles. The van der Waals surface area contributed by atoms with Crippen LogP contribution in [0.25, 0.3) is 10.6 Å². The van der Waals surface area contributed by atoms with Gasteiger partial charge in [-0.2, -0.15) is 0 Å². The van der Waals surface area contributed by atoms with E-state index in [1.807, 2.05) is 41.8 Å². The van der Waals surface area contributed by atoms with Crippen molar-refractivity contribution in [1.29, 1.82) is 0 Å². The van der Waals surface area contributed by atoms with E-state index in [0.29, 0.717) is 19.8 Å². The molecule has 0 aliphatic rings. The summed E-state index contributed by atoms with van der Waals surface area (Å²) < 4.78 is 10.5. The molecule has 0 saturated carbocycles. The average Bonchev–Trinajstić information content (AvgIpc) is 3.17. The maximum absolute atomic E-state index is 12.2. The number of aromatic nitrogens is 2. The Balaban J connectivity index is 1.46. The zero-order valence-corrected chi connectivity index (χ0v) is 15.9. The second-order valence-corrected chi connectivity index (χ2v) is 6.68. The Bertz CT molecular complexity index is 850. The fourth-order valence-corrected chi connectivity index (χ4v) is 3.19. The van der Waals surface area contributed by atoms with E-state index in [4.69, 9.17) is 9.47 Å². The molecule has 140 valence electrons. The maximum Gasteiger partial charge on any atom is 0.226 e. The molecular formula is C20H21N3O3S. The van der Waals surface area contributed by atoms with Gasteiger partial charge in [-0.3, -0.25) is 9.78 Å². The first kappa shape index (κ1) is 19.0. The van der Waals surface area contributed by atoms with Crippen LogP contribution in [0.1, 0.15) is 11.3 Å². The van der Waals surface area contributed by atoms with Crippen LogP contribution >= 0.6 is 11.3 Å². The predicted molar refractivity (Wildman–Crippen MR) is 105 cm³/mol. The SMILES string of the molecule is COCCOc1ccc(CNC(=O)Cc2csc(-c3cccnc3)n2)cc1. The summed E-state index contributed by atoms with van der Waals surface area (Å²) in [5.74, 6) is 0.728. The summed E-state index contributed by atoms with van der Waals surface area (Å²) in [6.45, 7) is 1.54. The van der Waals surface area contributed by atoms with Crippen LogP contribution in [-0.4, -0.2) is 36.2 Å². The van der Waals surface area contributed by atoms with Gasteiger partial charge in [0.1, 0.15) is 17.4 Å². The van der Waals surface area contributed by atoms with Gasteiger partial charge >= 0.3 is 0 Å². The second-order valence-electron chi connectivity index (χ2n) is 5.82. The number of carbonyl (C=O) groups excluding carboxylic acids is 1. The highest BCUT2D eigenvalue weighted by molar-refractivity contribution is 7.13. The number of nitrogens with one attached hydrogen (secondary N) is 1. The van der Waals surface area contributed by atoms with Gasteiger partial charge < -0.3 is 14.8 Å². The summed E-state index contributed by atoms with van der Waals surface area (Å²) in [6, 6.07) is 11.5. The van der Waals surface area contributed by atoms with Crippen LogP contribution in [0.15, 0.2) is 54.2 Å². The van der Waals surface area contributed by atoms with Gasteiger partial charge in [-0.25, -0.2) is 4.98 Å². The van der Waals surface area contributed by atoms with Crippen molar-refractivity contribution in [3.05, 3.63) is 65.4 Å². The average molecular weight is 383 g/mol. The van der Waals surface area contributed by atoms with Gasteiger partial charge in [0, 0.05) is 37.0 Å². The Labute approximate surface area is 162 Å². The number of methoxy groups -OCH3 is 1. The molecule has 2 heterocycles. The van der Waals surface area contributed by atoms with Crippen molar-refractivity contribution >= 4 is 17.2 Å². The van der Waals surface area contributed by atoms with Crippen molar-refractivity contribution in [1.82, 2.24) is 15.3 Å². The van der Waals surface area contributed by atoms with E-state index in [9.17, 15) is 4.79 Å². The quantitative estimate of drug-likeness (QED) is 0.575. The molecule has 1 amide bonds. The number of thiazole rings is 1. The maximum atomic E-state index is 12.2. The molecule has 3 rings (SSSR count). The first-order valence-electron chi connectivity index (χ1n) is 8.57. The van der Waals surface area contributed by atoms with Crippen LogP contribution in [0.2, 0.25) is 0 Å². The first-order valence-corrected chi connectivity index (χ1v) is 9.45. The van der Waals surface area contributed by atoms with Crippen LogP contribution in [0, 0.1) is 0 Å².